The van der Waals surface area contributed by atoms with Crippen LogP contribution in [-0.2, 0) is 24.2 Å². The minimum Gasteiger partial charge on any atom is -0.370 e. The third-order valence-electron chi connectivity index (χ3n) is 6.26. The zero-order valence-corrected chi connectivity index (χ0v) is 20.2. The number of piperazine rings is 1. The van der Waals surface area contributed by atoms with Crippen molar-refractivity contribution in [1.82, 2.24) is 15.2 Å². The summed E-state index contributed by atoms with van der Waals surface area (Å²) in [5.41, 5.74) is 4.08. The van der Waals surface area contributed by atoms with Gasteiger partial charge in [-0.3, -0.25) is 10.1 Å². The molecule has 2 aliphatic rings. The summed E-state index contributed by atoms with van der Waals surface area (Å²) in [6.07, 6.45) is 1.49. The zero-order chi connectivity index (χ0) is 23.6. The van der Waals surface area contributed by atoms with E-state index in [0.29, 0.717) is 55.4 Å². The normalized spacial score (nSPS) is 17.2. The van der Waals surface area contributed by atoms with Crippen molar-refractivity contribution in [3.8, 4) is 6.07 Å². The maximum atomic E-state index is 12.4. The van der Waals surface area contributed by atoms with Crippen LogP contribution >= 0.6 is 12.2 Å². The number of carbonyl (C=O) groups is 1. The summed E-state index contributed by atoms with van der Waals surface area (Å²) in [4.78, 5) is 21.5. The standard InChI is InChI=1S/C25H29N5O2S/c1-4-21-20-16-32-25(2,3)14-18(20)19(15-26)22(27-21)29-10-12-30(13-11-29)24(33)28-23(31)17-8-6-5-7-9-17/h5-9H,4,10-14,16H2,1-3H3,(H,28,31,33). The number of ether oxygens (including phenoxy) is 1. The highest BCUT2D eigenvalue weighted by Gasteiger charge is 2.33. The molecule has 3 heterocycles. The van der Waals surface area contributed by atoms with Crippen LogP contribution in [0.4, 0.5) is 5.82 Å². The lowest BCUT2D eigenvalue weighted by atomic mass is 9.87. The van der Waals surface area contributed by atoms with E-state index in [4.69, 9.17) is 21.9 Å². The first-order valence-electron chi connectivity index (χ1n) is 11.3. The molecule has 2 aliphatic heterocycles. The largest absolute Gasteiger partial charge is 0.370 e. The zero-order valence-electron chi connectivity index (χ0n) is 19.4. The van der Waals surface area contributed by atoms with E-state index >= 15 is 0 Å². The van der Waals surface area contributed by atoms with Gasteiger partial charge in [0, 0.05) is 49.4 Å². The van der Waals surface area contributed by atoms with Crippen LogP contribution in [0, 0.1) is 11.3 Å². The number of anilines is 1. The predicted octanol–water partition coefficient (Wildman–Crippen LogP) is 3.20. The van der Waals surface area contributed by atoms with Crippen LogP contribution in [0.15, 0.2) is 30.3 Å². The summed E-state index contributed by atoms with van der Waals surface area (Å²) in [7, 11) is 0. The molecule has 7 nitrogen and oxygen atoms in total. The number of rotatable bonds is 3. The van der Waals surface area contributed by atoms with Crippen molar-refractivity contribution in [2.45, 2.75) is 45.8 Å². The van der Waals surface area contributed by atoms with E-state index < -0.39 is 0 Å². The van der Waals surface area contributed by atoms with Crippen LogP contribution < -0.4 is 10.2 Å². The predicted molar refractivity (Wildman–Crippen MR) is 131 cm³/mol. The Balaban J connectivity index is 1.49. The SMILES string of the molecule is CCc1nc(N2CCN(C(=S)NC(=O)c3ccccc3)CC2)c(C#N)c2c1COC(C)(C)C2. The fraction of sp³-hybridized carbons (Fsp3) is 0.440. The molecule has 0 radical (unpaired) electrons. The van der Waals surface area contributed by atoms with E-state index in [9.17, 15) is 10.1 Å². The molecule has 172 valence electrons. The van der Waals surface area contributed by atoms with Crippen LogP contribution in [0.2, 0.25) is 0 Å². The third kappa shape index (κ3) is 4.85. The molecular weight excluding hydrogens is 434 g/mol. The molecule has 1 saturated heterocycles. The molecule has 1 aromatic carbocycles. The Labute approximate surface area is 200 Å². The van der Waals surface area contributed by atoms with Crippen molar-refractivity contribution in [3.05, 3.63) is 58.3 Å². The molecule has 0 bridgehead atoms. The van der Waals surface area contributed by atoms with Gasteiger partial charge in [-0.05, 0) is 50.2 Å². The van der Waals surface area contributed by atoms with Crippen molar-refractivity contribution in [2.75, 3.05) is 31.1 Å². The van der Waals surface area contributed by atoms with Crippen LogP contribution in [0.1, 0.15) is 53.5 Å². The molecule has 0 spiro atoms. The highest BCUT2D eigenvalue weighted by Crippen LogP contribution is 2.35. The average Bonchev–Trinajstić information content (AvgIpc) is 2.82. The molecular formula is C25H29N5O2S. The third-order valence-corrected chi connectivity index (χ3v) is 6.62. The Kier molecular flexibility index (Phi) is 6.63. The van der Waals surface area contributed by atoms with Gasteiger partial charge in [0.15, 0.2) is 5.11 Å². The number of aryl methyl sites for hydroxylation is 1. The van der Waals surface area contributed by atoms with Crippen LogP contribution in [0.3, 0.4) is 0 Å². The van der Waals surface area contributed by atoms with Gasteiger partial charge in [0.25, 0.3) is 5.91 Å². The topological polar surface area (TPSA) is 81.5 Å². The first kappa shape index (κ1) is 23.1. The summed E-state index contributed by atoms with van der Waals surface area (Å²) in [6.45, 7) is 9.34. The number of hydrogen-bond donors (Lipinski definition) is 1. The second kappa shape index (κ2) is 9.46. The van der Waals surface area contributed by atoms with Gasteiger partial charge >= 0.3 is 0 Å². The van der Waals surface area contributed by atoms with E-state index in [-0.39, 0.29) is 11.5 Å². The summed E-state index contributed by atoms with van der Waals surface area (Å²) in [6, 6.07) is 11.5. The Hall–Kier alpha value is -3.02. The van der Waals surface area contributed by atoms with Crippen molar-refractivity contribution in [1.29, 1.82) is 5.26 Å². The number of pyridine rings is 1. The smallest absolute Gasteiger partial charge is 0.257 e. The van der Waals surface area contributed by atoms with Gasteiger partial charge < -0.3 is 14.5 Å². The van der Waals surface area contributed by atoms with Gasteiger partial charge in [0.05, 0.1) is 17.8 Å². The van der Waals surface area contributed by atoms with Gasteiger partial charge in [-0.1, -0.05) is 25.1 Å². The van der Waals surface area contributed by atoms with Gasteiger partial charge in [-0.15, -0.1) is 0 Å². The maximum Gasteiger partial charge on any atom is 0.257 e. The maximum absolute atomic E-state index is 12.4. The van der Waals surface area contributed by atoms with E-state index in [2.05, 4.69) is 37.1 Å². The van der Waals surface area contributed by atoms with E-state index in [1.807, 2.05) is 23.1 Å². The van der Waals surface area contributed by atoms with Gasteiger partial charge in [0.2, 0.25) is 0 Å². The lowest BCUT2D eigenvalue weighted by molar-refractivity contribution is -0.0406. The minimum absolute atomic E-state index is 0.205. The fourth-order valence-corrected chi connectivity index (χ4v) is 4.69. The number of nitriles is 1. The minimum atomic E-state index is -0.302. The second-order valence-electron chi connectivity index (χ2n) is 9.00. The Morgan fingerprint density at radius 3 is 2.55 bits per heavy atom. The molecule has 1 fully saturated rings. The number of aromatic nitrogens is 1. The lowest BCUT2D eigenvalue weighted by Gasteiger charge is -2.39. The van der Waals surface area contributed by atoms with E-state index in [0.717, 1.165) is 29.1 Å². The summed E-state index contributed by atoms with van der Waals surface area (Å²) >= 11 is 5.49. The quantitative estimate of drug-likeness (QED) is 0.700. The Morgan fingerprint density at radius 1 is 1.21 bits per heavy atom. The van der Waals surface area contributed by atoms with E-state index in [1.165, 1.54) is 0 Å². The lowest BCUT2D eigenvalue weighted by Crippen LogP contribution is -2.53. The average molecular weight is 464 g/mol. The van der Waals surface area contributed by atoms with Crippen molar-refractivity contribution < 1.29 is 9.53 Å². The number of amides is 1. The molecule has 8 heteroatoms. The highest BCUT2D eigenvalue weighted by molar-refractivity contribution is 7.80. The second-order valence-corrected chi connectivity index (χ2v) is 9.39. The van der Waals surface area contributed by atoms with Crippen LogP contribution in [0.5, 0.6) is 0 Å². The summed E-state index contributed by atoms with van der Waals surface area (Å²) in [5, 5.41) is 13.3. The number of nitrogens with zero attached hydrogens (tertiary/aromatic N) is 4. The monoisotopic (exact) mass is 463 g/mol. The first-order chi connectivity index (χ1) is 15.8. The molecule has 0 saturated carbocycles. The fourth-order valence-electron chi connectivity index (χ4n) is 4.42. The Bertz CT molecular complexity index is 1100. The molecule has 1 amide bonds. The highest BCUT2D eigenvalue weighted by atomic mass is 32.1. The molecule has 1 aromatic heterocycles. The number of nitrogens with one attached hydrogen (secondary N) is 1. The summed E-state index contributed by atoms with van der Waals surface area (Å²) in [5.74, 6) is 0.549. The van der Waals surface area contributed by atoms with Gasteiger partial charge in [-0.25, -0.2) is 4.98 Å². The van der Waals surface area contributed by atoms with Crippen LogP contribution in [0.25, 0.3) is 0 Å². The van der Waals surface area contributed by atoms with Crippen molar-refractivity contribution >= 4 is 29.1 Å². The Morgan fingerprint density at radius 2 is 1.91 bits per heavy atom. The molecule has 4 rings (SSSR count). The van der Waals surface area contributed by atoms with E-state index in [1.54, 1.807) is 12.1 Å². The first-order valence-corrected chi connectivity index (χ1v) is 11.7. The molecule has 2 aromatic rings. The summed E-state index contributed by atoms with van der Waals surface area (Å²) < 4.78 is 6.00. The molecule has 0 aliphatic carbocycles. The van der Waals surface area contributed by atoms with Gasteiger partial charge in [-0.2, -0.15) is 5.26 Å². The van der Waals surface area contributed by atoms with Crippen molar-refractivity contribution in [2.24, 2.45) is 0 Å². The molecule has 0 unspecified atom stereocenters. The number of fused-ring (bicyclic) bond motifs is 1. The molecule has 33 heavy (non-hydrogen) atoms. The number of thiocarbonyl (C=S) groups is 1. The number of benzene rings is 1. The van der Waals surface area contributed by atoms with Crippen molar-refractivity contribution in [3.63, 3.8) is 0 Å². The van der Waals surface area contributed by atoms with Crippen LogP contribution in [-0.4, -0.2) is 52.7 Å². The number of hydrogen-bond acceptors (Lipinski definition) is 6. The molecule has 1 N–H and O–H groups in total. The van der Waals surface area contributed by atoms with Gasteiger partial charge in [0.1, 0.15) is 11.9 Å². The number of carbonyl (C=O) groups excluding carboxylic acids is 1. The molecule has 0 atom stereocenters.